The third kappa shape index (κ3) is 4.93. The van der Waals surface area contributed by atoms with Crippen molar-refractivity contribution >= 4 is 17.6 Å². The standard InChI is InChI=1S/C22H18ClN3O4/c1-14-5-7-15(8-6-14)18-12-24-19(29-18)9-10-21(27)28-13-20-25-22(26-30-20)16-3-2-4-17(23)11-16/h2-8,11-12H,9-10,13H2,1H3. The molecule has 7 nitrogen and oxygen atoms in total. The van der Waals surface area contributed by atoms with Crippen LogP contribution in [0.3, 0.4) is 0 Å². The van der Waals surface area contributed by atoms with E-state index in [4.69, 9.17) is 25.3 Å². The number of benzene rings is 2. The molecule has 0 radical (unpaired) electrons. The van der Waals surface area contributed by atoms with Gasteiger partial charge in [-0.1, -0.05) is 58.7 Å². The molecule has 2 aromatic heterocycles. The fourth-order valence-electron chi connectivity index (χ4n) is 2.76. The summed E-state index contributed by atoms with van der Waals surface area (Å²) in [7, 11) is 0. The predicted molar refractivity (Wildman–Crippen MR) is 110 cm³/mol. The number of carbonyl (C=O) groups is 1. The van der Waals surface area contributed by atoms with Gasteiger partial charge in [0, 0.05) is 22.6 Å². The number of carbonyl (C=O) groups excluding carboxylic acids is 1. The van der Waals surface area contributed by atoms with Crippen LogP contribution in [-0.4, -0.2) is 21.1 Å². The van der Waals surface area contributed by atoms with Crippen molar-refractivity contribution in [3.63, 3.8) is 0 Å². The van der Waals surface area contributed by atoms with Crippen LogP contribution in [0, 0.1) is 6.92 Å². The van der Waals surface area contributed by atoms with E-state index in [1.165, 1.54) is 5.56 Å². The fourth-order valence-corrected chi connectivity index (χ4v) is 2.95. The Morgan fingerprint density at radius 2 is 1.93 bits per heavy atom. The molecule has 0 fully saturated rings. The molecule has 2 heterocycles. The molecule has 152 valence electrons. The summed E-state index contributed by atoms with van der Waals surface area (Å²) in [6.07, 6.45) is 2.12. The zero-order valence-corrected chi connectivity index (χ0v) is 16.9. The minimum absolute atomic E-state index is 0.105. The van der Waals surface area contributed by atoms with E-state index in [9.17, 15) is 4.79 Å². The molecule has 0 amide bonds. The molecule has 30 heavy (non-hydrogen) atoms. The van der Waals surface area contributed by atoms with E-state index < -0.39 is 5.97 Å². The van der Waals surface area contributed by atoms with Crippen LogP contribution in [0.1, 0.15) is 23.8 Å². The highest BCUT2D eigenvalue weighted by molar-refractivity contribution is 6.30. The average molecular weight is 424 g/mol. The van der Waals surface area contributed by atoms with Crippen molar-refractivity contribution in [2.45, 2.75) is 26.4 Å². The number of hydrogen-bond donors (Lipinski definition) is 0. The van der Waals surface area contributed by atoms with Crippen LogP contribution in [0.4, 0.5) is 0 Å². The lowest BCUT2D eigenvalue weighted by molar-refractivity contribution is -0.145. The van der Waals surface area contributed by atoms with E-state index in [0.29, 0.717) is 28.9 Å². The summed E-state index contributed by atoms with van der Waals surface area (Å²) in [5.74, 6) is 1.32. The van der Waals surface area contributed by atoms with Gasteiger partial charge in [-0.3, -0.25) is 4.79 Å². The van der Waals surface area contributed by atoms with Crippen LogP contribution < -0.4 is 0 Å². The minimum Gasteiger partial charge on any atom is -0.456 e. The molecule has 0 N–H and O–H groups in total. The first-order valence-corrected chi connectivity index (χ1v) is 9.70. The van der Waals surface area contributed by atoms with Crippen LogP contribution in [0.5, 0.6) is 0 Å². The number of hydrogen-bond acceptors (Lipinski definition) is 7. The first-order chi connectivity index (χ1) is 14.6. The van der Waals surface area contributed by atoms with Crippen molar-refractivity contribution in [2.24, 2.45) is 0 Å². The summed E-state index contributed by atoms with van der Waals surface area (Å²) in [5, 5.41) is 4.45. The topological polar surface area (TPSA) is 91.2 Å². The first kappa shape index (κ1) is 19.8. The van der Waals surface area contributed by atoms with Gasteiger partial charge in [0.2, 0.25) is 5.82 Å². The summed E-state index contributed by atoms with van der Waals surface area (Å²) in [6, 6.07) is 15.0. The van der Waals surface area contributed by atoms with Crippen molar-refractivity contribution in [3.8, 4) is 22.7 Å². The second-order valence-electron chi connectivity index (χ2n) is 6.67. The molecular weight excluding hydrogens is 406 g/mol. The minimum atomic E-state index is -0.410. The molecule has 4 aromatic rings. The maximum absolute atomic E-state index is 12.0. The van der Waals surface area contributed by atoms with Gasteiger partial charge < -0.3 is 13.7 Å². The van der Waals surface area contributed by atoms with Gasteiger partial charge >= 0.3 is 5.97 Å². The Labute approximate surface area is 177 Å². The Morgan fingerprint density at radius 3 is 2.73 bits per heavy atom. The molecule has 0 aliphatic carbocycles. The lowest BCUT2D eigenvalue weighted by atomic mass is 10.1. The quantitative estimate of drug-likeness (QED) is 0.385. The second kappa shape index (κ2) is 8.92. The lowest BCUT2D eigenvalue weighted by Gasteiger charge is -2.00. The third-order valence-electron chi connectivity index (χ3n) is 4.34. The van der Waals surface area contributed by atoms with Crippen molar-refractivity contribution in [2.75, 3.05) is 0 Å². The van der Waals surface area contributed by atoms with E-state index in [1.54, 1.807) is 24.4 Å². The number of ether oxygens (including phenoxy) is 1. The van der Waals surface area contributed by atoms with Crippen LogP contribution >= 0.6 is 11.6 Å². The smallest absolute Gasteiger partial charge is 0.306 e. The zero-order chi connectivity index (χ0) is 20.9. The first-order valence-electron chi connectivity index (χ1n) is 9.33. The molecule has 8 heteroatoms. The van der Waals surface area contributed by atoms with Gasteiger partial charge in [0.05, 0.1) is 12.6 Å². The molecule has 4 rings (SSSR count). The molecule has 0 saturated heterocycles. The summed E-state index contributed by atoms with van der Waals surface area (Å²) >= 11 is 5.96. The number of aryl methyl sites for hydroxylation is 2. The van der Waals surface area contributed by atoms with Gasteiger partial charge in [0.25, 0.3) is 5.89 Å². The summed E-state index contributed by atoms with van der Waals surface area (Å²) < 4.78 is 16.0. The van der Waals surface area contributed by atoms with E-state index in [0.717, 1.165) is 11.1 Å². The summed E-state index contributed by atoms with van der Waals surface area (Å²) in [6.45, 7) is 1.92. The Bertz CT molecular complexity index is 1150. The largest absolute Gasteiger partial charge is 0.456 e. The highest BCUT2D eigenvalue weighted by Gasteiger charge is 2.13. The van der Waals surface area contributed by atoms with E-state index in [1.807, 2.05) is 37.3 Å². The number of rotatable bonds is 7. The van der Waals surface area contributed by atoms with Crippen molar-refractivity contribution in [3.05, 3.63) is 77.1 Å². The summed E-state index contributed by atoms with van der Waals surface area (Å²) in [4.78, 5) is 20.5. The predicted octanol–water partition coefficient (Wildman–Crippen LogP) is 5.03. The Balaban J connectivity index is 1.27. The summed E-state index contributed by atoms with van der Waals surface area (Å²) in [5.41, 5.74) is 2.83. The molecule has 0 aliphatic rings. The molecule has 2 aromatic carbocycles. The maximum Gasteiger partial charge on any atom is 0.306 e. The highest BCUT2D eigenvalue weighted by Crippen LogP contribution is 2.22. The number of halogens is 1. The van der Waals surface area contributed by atoms with Crippen LogP contribution in [-0.2, 0) is 22.6 Å². The second-order valence-corrected chi connectivity index (χ2v) is 7.10. The Morgan fingerprint density at radius 1 is 1.10 bits per heavy atom. The van der Waals surface area contributed by atoms with Gasteiger partial charge in [-0.25, -0.2) is 4.98 Å². The van der Waals surface area contributed by atoms with Gasteiger partial charge in [0.15, 0.2) is 18.3 Å². The van der Waals surface area contributed by atoms with E-state index in [-0.39, 0.29) is 18.9 Å². The van der Waals surface area contributed by atoms with E-state index in [2.05, 4.69) is 15.1 Å². The van der Waals surface area contributed by atoms with Gasteiger partial charge in [-0.15, -0.1) is 0 Å². The zero-order valence-electron chi connectivity index (χ0n) is 16.2. The van der Waals surface area contributed by atoms with Crippen LogP contribution in [0.25, 0.3) is 22.7 Å². The molecule has 0 bridgehead atoms. The monoisotopic (exact) mass is 423 g/mol. The molecule has 0 unspecified atom stereocenters. The number of esters is 1. The average Bonchev–Trinajstić information content (AvgIpc) is 3.41. The Hall–Kier alpha value is -3.45. The van der Waals surface area contributed by atoms with Crippen LogP contribution in [0.15, 0.2) is 63.7 Å². The van der Waals surface area contributed by atoms with Crippen molar-refractivity contribution in [1.82, 2.24) is 15.1 Å². The van der Waals surface area contributed by atoms with Gasteiger partial charge in [-0.2, -0.15) is 4.98 Å². The Kier molecular flexibility index (Phi) is 5.90. The van der Waals surface area contributed by atoms with E-state index >= 15 is 0 Å². The fraction of sp³-hybridized carbons (Fsp3) is 0.182. The highest BCUT2D eigenvalue weighted by atomic mass is 35.5. The molecule has 0 atom stereocenters. The third-order valence-corrected chi connectivity index (χ3v) is 4.58. The maximum atomic E-state index is 12.0. The molecular formula is C22H18ClN3O4. The van der Waals surface area contributed by atoms with Crippen molar-refractivity contribution < 1.29 is 18.5 Å². The number of aromatic nitrogens is 3. The van der Waals surface area contributed by atoms with Gasteiger partial charge in [-0.05, 0) is 19.1 Å². The molecule has 0 aliphatic heterocycles. The number of nitrogens with zero attached hydrogens (tertiary/aromatic N) is 3. The number of oxazole rings is 1. The van der Waals surface area contributed by atoms with Crippen molar-refractivity contribution in [1.29, 1.82) is 0 Å². The SMILES string of the molecule is Cc1ccc(-c2cnc(CCC(=O)OCc3nc(-c4cccc(Cl)c4)no3)o2)cc1. The molecule has 0 spiro atoms. The normalized spacial score (nSPS) is 10.9. The van der Waals surface area contributed by atoms with Crippen LogP contribution in [0.2, 0.25) is 5.02 Å². The molecule has 0 saturated carbocycles. The van der Waals surface area contributed by atoms with Gasteiger partial charge in [0.1, 0.15) is 0 Å². The lowest BCUT2D eigenvalue weighted by Crippen LogP contribution is -2.06.